The van der Waals surface area contributed by atoms with E-state index in [0.29, 0.717) is 23.7 Å². The number of pyridine rings is 1. The molecule has 0 bridgehead atoms. The molecule has 0 spiro atoms. The van der Waals surface area contributed by atoms with Crippen LogP contribution in [0.1, 0.15) is 0 Å². The quantitative estimate of drug-likeness (QED) is 0.549. The molecule has 0 aliphatic heterocycles. The molecule has 7 heteroatoms. The van der Waals surface area contributed by atoms with E-state index in [2.05, 4.69) is 15.0 Å². The SMILES string of the molecule is COCCOc1cc(F)c2c(=O)[nH]c(-c3ccc4ncccc4c3)nc2c1. The number of hydrogen-bond acceptors (Lipinski definition) is 5. The van der Waals surface area contributed by atoms with Gasteiger partial charge in [-0.3, -0.25) is 9.78 Å². The van der Waals surface area contributed by atoms with E-state index in [1.165, 1.54) is 6.07 Å². The molecule has 6 nitrogen and oxygen atoms in total. The summed E-state index contributed by atoms with van der Waals surface area (Å²) in [5, 5.41) is 0.820. The first-order valence-electron chi connectivity index (χ1n) is 8.36. The number of benzene rings is 2. The van der Waals surface area contributed by atoms with E-state index in [1.807, 2.05) is 30.3 Å². The number of aromatic amines is 1. The summed E-state index contributed by atoms with van der Waals surface area (Å²) in [6.45, 7) is 0.647. The molecule has 4 aromatic rings. The third kappa shape index (κ3) is 3.37. The minimum Gasteiger partial charge on any atom is -0.491 e. The first-order chi connectivity index (χ1) is 13.2. The van der Waals surface area contributed by atoms with Crippen molar-refractivity contribution < 1.29 is 13.9 Å². The monoisotopic (exact) mass is 365 g/mol. The van der Waals surface area contributed by atoms with Gasteiger partial charge in [0.15, 0.2) is 0 Å². The van der Waals surface area contributed by atoms with Gasteiger partial charge in [0.1, 0.15) is 29.4 Å². The van der Waals surface area contributed by atoms with E-state index in [-0.39, 0.29) is 17.5 Å². The number of fused-ring (bicyclic) bond motifs is 2. The van der Waals surface area contributed by atoms with Crippen LogP contribution in [-0.2, 0) is 4.74 Å². The third-order valence-electron chi connectivity index (χ3n) is 4.17. The summed E-state index contributed by atoms with van der Waals surface area (Å²) < 4.78 is 24.8. The summed E-state index contributed by atoms with van der Waals surface area (Å²) >= 11 is 0. The standard InChI is InChI=1S/C20H16FN3O3/c1-26-7-8-27-14-10-15(21)18-17(11-14)23-19(24-20(18)25)13-4-5-16-12(9-13)3-2-6-22-16/h2-6,9-11H,7-8H2,1H3,(H,23,24,25). The van der Waals surface area contributed by atoms with E-state index in [9.17, 15) is 9.18 Å². The van der Waals surface area contributed by atoms with Crippen LogP contribution in [0.15, 0.2) is 53.5 Å². The summed E-state index contributed by atoms with van der Waals surface area (Å²) in [6.07, 6.45) is 1.71. The number of H-pyrrole nitrogens is 1. The van der Waals surface area contributed by atoms with Crippen molar-refractivity contribution in [3.05, 3.63) is 64.8 Å². The molecule has 136 valence electrons. The van der Waals surface area contributed by atoms with Gasteiger partial charge < -0.3 is 14.5 Å². The molecule has 0 radical (unpaired) electrons. The molecule has 27 heavy (non-hydrogen) atoms. The maximum absolute atomic E-state index is 14.4. The Morgan fingerprint density at radius 2 is 2.00 bits per heavy atom. The molecule has 4 rings (SSSR count). The van der Waals surface area contributed by atoms with Crippen molar-refractivity contribution in [1.82, 2.24) is 15.0 Å². The summed E-state index contributed by atoms with van der Waals surface area (Å²) in [5.74, 6) is -0.0292. The molecule has 1 N–H and O–H groups in total. The Kier molecular flexibility index (Phi) is 4.52. The van der Waals surface area contributed by atoms with Gasteiger partial charge in [0, 0.05) is 36.4 Å². The number of aromatic nitrogens is 3. The molecular formula is C20H16FN3O3. The van der Waals surface area contributed by atoms with E-state index in [4.69, 9.17) is 9.47 Å². The van der Waals surface area contributed by atoms with Crippen molar-refractivity contribution in [2.24, 2.45) is 0 Å². The lowest BCUT2D eigenvalue weighted by molar-refractivity contribution is 0.146. The average Bonchev–Trinajstić information content (AvgIpc) is 2.67. The van der Waals surface area contributed by atoms with Crippen molar-refractivity contribution in [2.75, 3.05) is 20.3 Å². The summed E-state index contributed by atoms with van der Waals surface area (Å²) in [7, 11) is 1.55. The number of ether oxygens (including phenoxy) is 2. The highest BCUT2D eigenvalue weighted by Gasteiger charge is 2.13. The predicted molar refractivity (Wildman–Crippen MR) is 100 cm³/mol. The largest absolute Gasteiger partial charge is 0.491 e. The smallest absolute Gasteiger partial charge is 0.262 e. The summed E-state index contributed by atoms with van der Waals surface area (Å²) in [5.41, 5.74) is 1.24. The second-order valence-electron chi connectivity index (χ2n) is 5.97. The van der Waals surface area contributed by atoms with Gasteiger partial charge in [-0.2, -0.15) is 0 Å². The van der Waals surface area contributed by atoms with Gasteiger partial charge in [-0.05, 0) is 24.3 Å². The molecule has 0 amide bonds. The molecule has 0 unspecified atom stereocenters. The van der Waals surface area contributed by atoms with Gasteiger partial charge in [0.05, 0.1) is 17.6 Å². The molecule has 2 heterocycles. The Balaban J connectivity index is 1.82. The fraction of sp³-hybridized carbons (Fsp3) is 0.150. The first kappa shape index (κ1) is 17.1. The fourth-order valence-electron chi connectivity index (χ4n) is 2.89. The second-order valence-corrected chi connectivity index (χ2v) is 5.97. The highest BCUT2D eigenvalue weighted by Crippen LogP contribution is 2.24. The zero-order valence-corrected chi connectivity index (χ0v) is 14.5. The van der Waals surface area contributed by atoms with Crippen molar-refractivity contribution in [3.63, 3.8) is 0 Å². The Hall–Kier alpha value is -3.32. The van der Waals surface area contributed by atoms with Crippen molar-refractivity contribution in [3.8, 4) is 17.1 Å². The maximum atomic E-state index is 14.4. The van der Waals surface area contributed by atoms with Gasteiger partial charge in [-0.15, -0.1) is 0 Å². The lowest BCUT2D eigenvalue weighted by Crippen LogP contribution is -2.12. The molecule has 0 aliphatic rings. The molecule has 2 aromatic carbocycles. The van der Waals surface area contributed by atoms with Crippen LogP contribution in [0.25, 0.3) is 33.2 Å². The summed E-state index contributed by atoms with van der Waals surface area (Å²) in [6, 6.07) is 12.0. The van der Waals surface area contributed by atoms with Gasteiger partial charge in [0.2, 0.25) is 0 Å². The van der Waals surface area contributed by atoms with E-state index < -0.39 is 11.4 Å². The Bertz CT molecular complexity index is 1190. The molecule has 0 aliphatic carbocycles. The molecule has 0 saturated carbocycles. The van der Waals surface area contributed by atoms with Gasteiger partial charge in [0.25, 0.3) is 5.56 Å². The number of hydrogen-bond donors (Lipinski definition) is 1. The van der Waals surface area contributed by atoms with Crippen LogP contribution < -0.4 is 10.3 Å². The average molecular weight is 365 g/mol. The van der Waals surface area contributed by atoms with Crippen LogP contribution in [0.5, 0.6) is 5.75 Å². The Morgan fingerprint density at radius 1 is 1.11 bits per heavy atom. The zero-order valence-electron chi connectivity index (χ0n) is 14.5. The number of nitrogens with one attached hydrogen (secondary N) is 1. The minimum atomic E-state index is -0.678. The van der Waals surface area contributed by atoms with Crippen molar-refractivity contribution in [2.45, 2.75) is 0 Å². The number of nitrogens with zero attached hydrogens (tertiary/aromatic N) is 2. The lowest BCUT2D eigenvalue weighted by atomic mass is 10.1. The predicted octanol–water partition coefficient (Wildman–Crippen LogP) is 3.30. The summed E-state index contributed by atoms with van der Waals surface area (Å²) in [4.78, 5) is 23.8. The Labute approximate surface area is 153 Å². The topological polar surface area (TPSA) is 77.1 Å². The van der Waals surface area contributed by atoms with Crippen molar-refractivity contribution in [1.29, 1.82) is 0 Å². The van der Waals surface area contributed by atoms with E-state index in [0.717, 1.165) is 10.9 Å². The van der Waals surface area contributed by atoms with Crippen LogP contribution >= 0.6 is 0 Å². The highest BCUT2D eigenvalue weighted by atomic mass is 19.1. The number of methoxy groups -OCH3 is 1. The highest BCUT2D eigenvalue weighted by molar-refractivity contribution is 5.85. The van der Waals surface area contributed by atoms with E-state index in [1.54, 1.807) is 19.4 Å². The van der Waals surface area contributed by atoms with Gasteiger partial charge in [-0.1, -0.05) is 6.07 Å². The Morgan fingerprint density at radius 3 is 2.85 bits per heavy atom. The fourth-order valence-corrected chi connectivity index (χ4v) is 2.89. The molecule has 0 saturated heterocycles. The van der Waals surface area contributed by atoms with Gasteiger partial charge in [-0.25, -0.2) is 9.37 Å². The van der Waals surface area contributed by atoms with Crippen LogP contribution in [0.4, 0.5) is 4.39 Å². The van der Waals surface area contributed by atoms with Crippen LogP contribution in [0.2, 0.25) is 0 Å². The normalized spacial score (nSPS) is 11.2. The molecular weight excluding hydrogens is 349 g/mol. The van der Waals surface area contributed by atoms with Crippen LogP contribution in [-0.4, -0.2) is 35.3 Å². The number of rotatable bonds is 5. The van der Waals surface area contributed by atoms with Crippen molar-refractivity contribution >= 4 is 21.8 Å². The molecule has 0 atom stereocenters. The third-order valence-corrected chi connectivity index (χ3v) is 4.17. The second kappa shape index (κ2) is 7.13. The first-order valence-corrected chi connectivity index (χ1v) is 8.36. The van der Waals surface area contributed by atoms with Gasteiger partial charge >= 0.3 is 0 Å². The van der Waals surface area contributed by atoms with E-state index >= 15 is 0 Å². The maximum Gasteiger partial charge on any atom is 0.262 e. The lowest BCUT2D eigenvalue weighted by Gasteiger charge is -2.09. The van der Waals surface area contributed by atoms with Crippen LogP contribution in [0, 0.1) is 5.82 Å². The zero-order chi connectivity index (χ0) is 18.8. The number of halogens is 1. The van der Waals surface area contributed by atoms with Crippen LogP contribution in [0.3, 0.4) is 0 Å². The minimum absolute atomic E-state index is 0.0969. The molecule has 2 aromatic heterocycles. The molecule has 0 fully saturated rings.